The van der Waals surface area contributed by atoms with Gasteiger partial charge in [-0.25, -0.2) is 0 Å². The van der Waals surface area contributed by atoms with Gasteiger partial charge >= 0.3 is 0 Å². The number of hydrogen-bond acceptors (Lipinski definition) is 4. The molecule has 0 unspecified atom stereocenters. The van der Waals surface area contributed by atoms with Gasteiger partial charge in [0, 0.05) is 23.9 Å². The number of hydrogen-bond donors (Lipinski definition) is 1. The molecule has 0 amide bonds. The Kier molecular flexibility index (Phi) is 5.32. The van der Waals surface area contributed by atoms with Crippen molar-refractivity contribution in [3.63, 3.8) is 0 Å². The van der Waals surface area contributed by atoms with E-state index in [1.165, 1.54) is 0 Å². The summed E-state index contributed by atoms with van der Waals surface area (Å²) in [5, 5.41) is 0. The summed E-state index contributed by atoms with van der Waals surface area (Å²) in [4.78, 5) is 0. The molecule has 0 aromatic heterocycles. The van der Waals surface area contributed by atoms with Crippen LogP contribution in [0.15, 0.2) is 42.5 Å². The largest absolute Gasteiger partial charge is 0.494 e. The molecule has 0 heterocycles. The lowest BCUT2D eigenvalue weighted by molar-refractivity contribution is 0.317. The van der Waals surface area contributed by atoms with E-state index in [-0.39, 0.29) is 0 Å². The van der Waals surface area contributed by atoms with Gasteiger partial charge in [0.2, 0.25) is 0 Å². The fourth-order valence-corrected chi connectivity index (χ4v) is 1.86. The smallest absolute Gasteiger partial charge is 0.133 e. The average molecular weight is 287 g/mol. The van der Waals surface area contributed by atoms with Crippen LogP contribution in [-0.4, -0.2) is 13.2 Å². The predicted molar refractivity (Wildman–Crippen MR) is 84.3 cm³/mol. The lowest BCUT2D eigenvalue weighted by Gasteiger charge is -2.10. The third-order valence-electron chi connectivity index (χ3n) is 2.75. The van der Waals surface area contributed by atoms with Crippen LogP contribution in [0.3, 0.4) is 0 Å². The summed E-state index contributed by atoms with van der Waals surface area (Å²) in [6.07, 6.45) is 0.988. The van der Waals surface area contributed by atoms with Crippen molar-refractivity contribution in [2.45, 2.75) is 20.3 Å². The van der Waals surface area contributed by atoms with Crippen molar-refractivity contribution in [3.8, 4) is 23.0 Å². The first-order valence-corrected chi connectivity index (χ1v) is 7.15. The van der Waals surface area contributed by atoms with Gasteiger partial charge in [-0.15, -0.1) is 0 Å². The number of anilines is 1. The second-order valence-electron chi connectivity index (χ2n) is 4.59. The first-order chi connectivity index (χ1) is 10.2. The third kappa shape index (κ3) is 4.60. The van der Waals surface area contributed by atoms with Crippen LogP contribution in [-0.2, 0) is 0 Å². The summed E-state index contributed by atoms with van der Waals surface area (Å²) in [5.41, 5.74) is 6.45. The first-order valence-electron chi connectivity index (χ1n) is 7.15. The normalized spacial score (nSPS) is 10.2. The molecule has 4 nitrogen and oxygen atoms in total. The van der Waals surface area contributed by atoms with Gasteiger partial charge in [0.05, 0.1) is 13.2 Å². The molecular formula is C17H21NO3. The topological polar surface area (TPSA) is 53.7 Å². The number of benzene rings is 2. The Morgan fingerprint density at radius 1 is 0.810 bits per heavy atom. The maximum atomic E-state index is 5.84. The monoisotopic (exact) mass is 287 g/mol. The first kappa shape index (κ1) is 15.0. The van der Waals surface area contributed by atoms with Gasteiger partial charge in [-0.1, -0.05) is 6.92 Å². The highest BCUT2D eigenvalue weighted by Gasteiger charge is 2.03. The second-order valence-corrected chi connectivity index (χ2v) is 4.59. The van der Waals surface area contributed by atoms with Gasteiger partial charge in [0.15, 0.2) is 0 Å². The van der Waals surface area contributed by atoms with E-state index < -0.39 is 0 Å². The molecule has 0 fully saturated rings. The van der Waals surface area contributed by atoms with Gasteiger partial charge in [-0.2, -0.15) is 0 Å². The summed E-state index contributed by atoms with van der Waals surface area (Å²) >= 11 is 0. The molecule has 4 heteroatoms. The number of ether oxygens (including phenoxy) is 3. The molecule has 0 spiro atoms. The second kappa shape index (κ2) is 7.43. The number of rotatable bonds is 7. The maximum Gasteiger partial charge on any atom is 0.133 e. The van der Waals surface area contributed by atoms with Crippen molar-refractivity contribution in [2.75, 3.05) is 18.9 Å². The van der Waals surface area contributed by atoms with E-state index in [1.54, 1.807) is 12.1 Å². The van der Waals surface area contributed by atoms with Crippen molar-refractivity contribution in [1.82, 2.24) is 0 Å². The van der Waals surface area contributed by atoms with Crippen molar-refractivity contribution in [2.24, 2.45) is 0 Å². The zero-order chi connectivity index (χ0) is 15.1. The fourth-order valence-electron chi connectivity index (χ4n) is 1.86. The summed E-state index contributed by atoms with van der Waals surface area (Å²) in [6.45, 7) is 5.31. The lowest BCUT2D eigenvalue weighted by Crippen LogP contribution is -1.95. The van der Waals surface area contributed by atoms with E-state index in [9.17, 15) is 0 Å². The highest BCUT2D eigenvalue weighted by Crippen LogP contribution is 2.29. The average Bonchev–Trinajstić information content (AvgIpc) is 2.46. The van der Waals surface area contributed by atoms with E-state index in [1.807, 2.05) is 37.3 Å². The molecular weight excluding hydrogens is 266 g/mol. The van der Waals surface area contributed by atoms with Gasteiger partial charge in [-0.3, -0.25) is 0 Å². The van der Waals surface area contributed by atoms with Crippen LogP contribution in [0.1, 0.15) is 20.3 Å². The molecule has 2 aromatic rings. The number of nitrogen functional groups attached to an aromatic ring is 1. The van der Waals surface area contributed by atoms with Crippen LogP contribution in [0, 0.1) is 0 Å². The molecule has 0 aliphatic carbocycles. The summed E-state index contributed by atoms with van der Waals surface area (Å²) in [5.74, 6) is 2.93. The van der Waals surface area contributed by atoms with Crippen molar-refractivity contribution in [3.05, 3.63) is 42.5 Å². The minimum atomic E-state index is 0.590. The highest BCUT2D eigenvalue weighted by molar-refractivity contribution is 5.51. The molecule has 2 N–H and O–H groups in total. The molecule has 0 aliphatic rings. The van der Waals surface area contributed by atoms with Crippen LogP contribution in [0.5, 0.6) is 23.0 Å². The van der Waals surface area contributed by atoms with Crippen LogP contribution in [0.25, 0.3) is 0 Å². The van der Waals surface area contributed by atoms with Crippen LogP contribution >= 0.6 is 0 Å². The summed E-state index contributed by atoms with van der Waals surface area (Å²) in [7, 11) is 0. The van der Waals surface area contributed by atoms with Crippen LogP contribution in [0.2, 0.25) is 0 Å². The Morgan fingerprint density at radius 3 is 2.14 bits per heavy atom. The quantitative estimate of drug-likeness (QED) is 0.773. The molecule has 0 atom stereocenters. The van der Waals surface area contributed by atoms with Crippen molar-refractivity contribution in [1.29, 1.82) is 0 Å². The van der Waals surface area contributed by atoms with Gasteiger partial charge in [-0.05, 0) is 37.6 Å². The standard InChI is InChI=1S/C17H21NO3/c1-3-9-20-14-5-7-15(8-6-14)21-17-11-13(18)10-16(12-17)19-4-2/h5-8,10-12H,3-4,9,18H2,1-2H3. The minimum Gasteiger partial charge on any atom is -0.494 e. The zero-order valence-electron chi connectivity index (χ0n) is 12.5. The van der Waals surface area contributed by atoms with Crippen molar-refractivity contribution < 1.29 is 14.2 Å². The van der Waals surface area contributed by atoms with Gasteiger partial charge in [0.25, 0.3) is 0 Å². The molecule has 21 heavy (non-hydrogen) atoms. The molecule has 0 radical (unpaired) electrons. The fraction of sp³-hybridized carbons (Fsp3) is 0.294. The van der Waals surface area contributed by atoms with E-state index in [0.717, 1.165) is 17.9 Å². The van der Waals surface area contributed by atoms with E-state index in [2.05, 4.69) is 6.92 Å². The molecule has 2 aromatic carbocycles. The Morgan fingerprint density at radius 2 is 1.48 bits per heavy atom. The van der Waals surface area contributed by atoms with Gasteiger partial charge < -0.3 is 19.9 Å². The molecule has 0 aliphatic heterocycles. The Labute approximate surface area is 125 Å². The summed E-state index contributed by atoms with van der Waals surface area (Å²) < 4.78 is 16.8. The predicted octanol–water partition coefficient (Wildman–Crippen LogP) is 4.25. The molecule has 0 bridgehead atoms. The molecule has 2 rings (SSSR count). The maximum absolute atomic E-state index is 5.84. The van der Waals surface area contributed by atoms with E-state index in [0.29, 0.717) is 30.4 Å². The van der Waals surface area contributed by atoms with Crippen LogP contribution in [0.4, 0.5) is 5.69 Å². The minimum absolute atomic E-state index is 0.590. The Hall–Kier alpha value is -2.36. The molecule has 0 saturated carbocycles. The summed E-state index contributed by atoms with van der Waals surface area (Å²) in [6, 6.07) is 12.9. The van der Waals surface area contributed by atoms with Crippen LogP contribution < -0.4 is 19.9 Å². The highest BCUT2D eigenvalue weighted by atomic mass is 16.5. The zero-order valence-corrected chi connectivity index (χ0v) is 12.5. The van der Waals surface area contributed by atoms with Crippen molar-refractivity contribution >= 4 is 5.69 Å². The lowest BCUT2D eigenvalue weighted by atomic mass is 10.2. The molecule has 112 valence electrons. The number of nitrogens with two attached hydrogens (primary N) is 1. The molecule has 0 saturated heterocycles. The van der Waals surface area contributed by atoms with Gasteiger partial charge in [0.1, 0.15) is 23.0 Å². The Bertz CT molecular complexity index is 567. The SMILES string of the molecule is CCCOc1ccc(Oc2cc(N)cc(OCC)c2)cc1. The Balaban J connectivity index is 2.07. The van der Waals surface area contributed by atoms with E-state index >= 15 is 0 Å². The third-order valence-corrected chi connectivity index (χ3v) is 2.75. The van der Waals surface area contributed by atoms with E-state index in [4.69, 9.17) is 19.9 Å².